The Morgan fingerprint density at radius 2 is 2.12 bits per heavy atom. The van der Waals surface area contributed by atoms with Crippen LogP contribution >= 0.6 is 11.6 Å². The first kappa shape index (κ1) is 17.5. The lowest BCUT2D eigenvalue weighted by Crippen LogP contribution is -2.39. The molecule has 1 aliphatic heterocycles. The van der Waals surface area contributed by atoms with Gasteiger partial charge in [0.1, 0.15) is 5.82 Å². The molecule has 0 radical (unpaired) electrons. The predicted octanol–water partition coefficient (Wildman–Crippen LogP) is 4.84. The lowest BCUT2D eigenvalue weighted by molar-refractivity contribution is 0.126. The van der Waals surface area contributed by atoms with Crippen LogP contribution in [0.4, 0.5) is 0 Å². The van der Waals surface area contributed by atoms with E-state index >= 15 is 0 Å². The zero-order valence-corrected chi connectivity index (χ0v) is 16.0. The van der Waals surface area contributed by atoms with Crippen molar-refractivity contribution in [2.45, 2.75) is 51.7 Å². The highest BCUT2D eigenvalue weighted by Crippen LogP contribution is 2.25. The second-order valence-corrected chi connectivity index (χ2v) is 7.60. The zero-order chi connectivity index (χ0) is 17.9. The molecule has 136 valence electrons. The van der Waals surface area contributed by atoms with E-state index in [-0.39, 0.29) is 0 Å². The van der Waals surface area contributed by atoms with Crippen molar-refractivity contribution in [2.24, 2.45) is 0 Å². The first-order valence-electron chi connectivity index (χ1n) is 9.46. The van der Waals surface area contributed by atoms with Crippen LogP contribution in [0.3, 0.4) is 0 Å². The number of rotatable bonds is 5. The Morgan fingerprint density at radius 1 is 1.19 bits per heavy atom. The van der Waals surface area contributed by atoms with Crippen molar-refractivity contribution in [1.29, 1.82) is 0 Å². The molecule has 0 unspecified atom stereocenters. The number of hydrogen-bond donors (Lipinski definition) is 0. The third-order valence-corrected chi connectivity index (χ3v) is 5.77. The fraction of sp³-hybridized carbons (Fsp3) is 0.429. The third-order valence-electron chi connectivity index (χ3n) is 5.47. The number of fused-ring (bicyclic) bond motifs is 1. The molecule has 1 fully saturated rings. The molecule has 0 saturated carbocycles. The number of nitrogens with zero attached hydrogens (tertiary/aromatic N) is 4. The number of benzene rings is 1. The quantitative estimate of drug-likeness (QED) is 0.646. The molecule has 0 amide bonds. The normalized spacial score (nSPS) is 18.5. The van der Waals surface area contributed by atoms with Crippen LogP contribution in [0.5, 0.6) is 0 Å². The third kappa shape index (κ3) is 3.76. The van der Waals surface area contributed by atoms with E-state index in [1.54, 1.807) is 0 Å². The summed E-state index contributed by atoms with van der Waals surface area (Å²) < 4.78 is 2.25. The number of likely N-dealkylation sites (tertiary alicyclic amines) is 1. The van der Waals surface area contributed by atoms with Gasteiger partial charge in [0.15, 0.2) is 0 Å². The molecular weight excluding hydrogens is 344 g/mol. The molecule has 1 aliphatic rings. The topological polar surface area (TPSA) is 34.0 Å². The van der Waals surface area contributed by atoms with Crippen molar-refractivity contribution in [2.75, 3.05) is 6.54 Å². The van der Waals surface area contributed by atoms with Crippen LogP contribution in [0, 0.1) is 6.92 Å². The number of piperidine rings is 1. The number of para-hydroxylation sites is 1. The molecule has 5 heteroatoms. The molecule has 3 aromatic rings. The fourth-order valence-electron chi connectivity index (χ4n) is 3.97. The maximum Gasteiger partial charge on any atom is 0.105 e. The van der Waals surface area contributed by atoms with Gasteiger partial charge in [-0.15, -0.1) is 0 Å². The summed E-state index contributed by atoms with van der Waals surface area (Å²) in [5.74, 6) is 1.10. The molecular formula is C21H25ClN4. The molecule has 4 rings (SSSR count). The van der Waals surface area contributed by atoms with Gasteiger partial charge in [0, 0.05) is 36.9 Å². The first-order chi connectivity index (χ1) is 12.7. The lowest BCUT2D eigenvalue weighted by atomic mass is 9.99. The van der Waals surface area contributed by atoms with Gasteiger partial charge < -0.3 is 4.57 Å². The maximum atomic E-state index is 6.34. The Balaban J connectivity index is 1.48. The van der Waals surface area contributed by atoms with Crippen LogP contribution in [-0.4, -0.2) is 32.0 Å². The van der Waals surface area contributed by atoms with Gasteiger partial charge in [-0.3, -0.25) is 4.90 Å². The number of halogens is 1. The molecule has 0 aliphatic carbocycles. The SMILES string of the molecule is Cc1nccn1CC[C@@H]1CCCCN1Cc1ccc2cccc(Cl)c2n1. The van der Waals surface area contributed by atoms with E-state index < -0.39 is 0 Å². The Kier molecular flexibility index (Phi) is 5.23. The molecule has 1 saturated heterocycles. The number of hydrogen-bond acceptors (Lipinski definition) is 3. The molecule has 1 aromatic carbocycles. The van der Waals surface area contributed by atoms with E-state index in [1.807, 2.05) is 18.3 Å². The van der Waals surface area contributed by atoms with Gasteiger partial charge in [-0.1, -0.05) is 36.2 Å². The minimum Gasteiger partial charge on any atom is -0.335 e. The van der Waals surface area contributed by atoms with Crippen molar-refractivity contribution in [3.05, 3.63) is 59.3 Å². The van der Waals surface area contributed by atoms with Crippen molar-refractivity contribution in [3.8, 4) is 0 Å². The zero-order valence-electron chi connectivity index (χ0n) is 15.2. The summed E-state index contributed by atoms with van der Waals surface area (Å²) >= 11 is 6.34. The predicted molar refractivity (Wildman–Crippen MR) is 106 cm³/mol. The van der Waals surface area contributed by atoms with Crippen LogP contribution in [0.25, 0.3) is 10.9 Å². The van der Waals surface area contributed by atoms with Gasteiger partial charge in [0.05, 0.1) is 16.2 Å². The molecule has 0 spiro atoms. The van der Waals surface area contributed by atoms with E-state index in [9.17, 15) is 0 Å². The Morgan fingerprint density at radius 3 is 2.96 bits per heavy atom. The molecule has 4 nitrogen and oxygen atoms in total. The molecule has 26 heavy (non-hydrogen) atoms. The summed E-state index contributed by atoms with van der Waals surface area (Å²) in [4.78, 5) is 11.8. The molecule has 3 heterocycles. The number of aryl methyl sites for hydroxylation is 2. The van der Waals surface area contributed by atoms with Crippen LogP contribution in [0.2, 0.25) is 5.02 Å². The van der Waals surface area contributed by atoms with Crippen molar-refractivity contribution in [3.63, 3.8) is 0 Å². The Labute approximate surface area is 159 Å². The average molecular weight is 369 g/mol. The van der Waals surface area contributed by atoms with Crippen LogP contribution in [0.15, 0.2) is 42.7 Å². The lowest BCUT2D eigenvalue weighted by Gasteiger charge is -2.35. The Hall–Kier alpha value is -1.91. The summed E-state index contributed by atoms with van der Waals surface area (Å²) in [6.07, 6.45) is 8.98. The van der Waals surface area contributed by atoms with Gasteiger partial charge in [-0.25, -0.2) is 9.97 Å². The van der Waals surface area contributed by atoms with E-state index in [0.717, 1.165) is 53.5 Å². The summed E-state index contributed by atoms with van der Waals surface area (Å²) in [6, 6.07) is 10.8. The van der Waals surface area contributed by atoms with E-state index in [1.165, 1.54) is 19.3 Å². The summed E-state index contributed by atoms with van der Waals surface area (Å²) in [6.45, 7) is 5.15. The van der Waals surface area contributed by atoms with Crippen LogP contribution in [-0.2, 0) is 13.1 Å². The maximum absolute atomic E-state index is 6.34. The highest BCUT2D eigenvalue weighted by molar-refractivity contribution is 6.35. The first-order valence-corrected chi connectivity index (χ1v) is 9.84. The minimum atomic E-state index is 0.606. The standard InChI is InChI=1S/C21H25ClN4/c1-16-23-11-14-25(16)13-10-19-6-2-3-12-26(19)15-18-9-8-17-5-4-7-20(22)21(17)24-18/h4-5,7-9,11,14,19H,2-3,6,10,12-13,15H2,1H3/t19-/m0/s1. The summed E-state index contributed by atoms with van der Waals surface area (Å²) in [5.41, 5.74) is 2.02. The summed E-state index contributed by atoms with van der Waals surface area (Å²) in [7, 11) is 0. The largest absolute Gasteiger partial charge is 0.335 e. The van der Waals surface area contributed by atoms with Crippen molar-refractivity contribution >= 4 is 22.5 Å². The highest BCUT2D eigenvalue weighted by Gasteiger charge is 2.23. The highest BCUT2D eigenvalue weighted by atomic mass is 35.5. The Bertz CT molecular complexity index is 889. The van der Waals surface area contributed by atoms with Crippen LogP contribution < -0.4 is 0 Å². The number of aromatic nitrogens is 3. The second kappa shape index (κ2) is 7.77. The van der Waals surface area contributed by atoms with Gasteiger partial charge in [0.25, 0.3) is 0 Å². The molecule has 1 atom stereocenters. The van der Waals surface area contributed by atoms with Crippen LogP contribution in [0.1, 0.15) is 37.2 Å². The van der Waals surface area contributed by atoms with Gasteiger partial charge in [-0.05, 0) is 44.9 Å². The molecule has 0 bridgehead atoms. The minimum absolute atomic E-state index is 0.606. The molecule has 0 N–H and O–H groups in total. The van der Waals surface area contributed by atoms with Crippen molar-refractivity contribution in [1.82, 2.24) is 19.4 Å². The van der Waals surface area contributed by atoms with Gasteiger partial charge >= 0.3 is 0 Å². The van der Waals surface area contributed by atoms with E-state index in [2.05, 4.69) is 45.8 Å². The number of imidazole rings is 1. The van der Waals surface area contributed by atoms with Crippen molar-refractivity contribution < 1.29 is 0 Å². The van der Waals surface area contributed by atoms with E-state index in [0.29, 0.717) is 6.04 Å². The second-order valence-electron chi connectivity index (χ2n) is 7.19. The van der Waals surface area contributed by atoms with Gasteiger partial charge in [-0.2, -0.15) is 0 Å². The summed E-state index contributed by atoms with van der Waals surface area (Å²) in [5, 5.41) is 1.84. The van der Waals surface area contributed by atoms with Gasteiger partial charge in [0.2, 0.25) is 0 Å². The monoisotopic (exact) mass is 368 g/mol. The smallest absolute Gasteiger partial charge is 0.105 e. The fourth-order valence-corrected chi connectivity index (χ4v) is 4.19. The average Bonchev–Trinajstić information content (AvgIpc) is 3.07. The molecule has 2 aromatic heterocycles. The number of pyridine rings is 1. The van der Waals surface area contributed by atoms with E-state index in [4.69, 9.17) is 16.6 Å².